The molecular weight excluding hydrogens is 262 g/mol. The van der Waals surface area contributed by atoms with E-state index >= 15 is 0 Å². The van der Waals surface area contributed by atoms with Crippen LogP contribution < -0.4 is 10.5 Å². The molecule has 1 aliphatic rings. The van der Waals surface area contributed by atoms with Gasteiger partial charge in [0.1, 0.15) is 11.9 Å². The molecule has 21 heavy (non-hydrogen) atoms. The van der Waals surface area contributed by atoms with Gasteiger partial charge in [-0.05, 0) is 30.2 Å². The molecule has 3 nitrogen and oxygen atoms in total. The number of nitrogens with two attached hydrogens (primary N) is 1. The van der Waals surface area contributed by atoms with E-state index < -0.39 is 0 Å². The topological polar surface area (TPSA) is 44.5 Å². The van der Waals surface area contributed by atoms with Crippen molar-refractivity contribution in [2.45, 2.75) is 32.1 Å². The van der Waals surface area contributed by atoms with Gasteiger partial charge in [0.15, 0.2) is 0 Å². The van der Waals surface area contributed by atoms with Gasteiger partial charge in [-0.1, -0.05) is 35.9 Å². The lowest BCUT2D eigenvalue weighted by Crippen LogP contribution is -2.24. The predicted molar refractivity (Wildman–Crippen MR) is 83.2 cm³/mol. The molecule has 0 amide bonds. The van der Waals surface area contributed by atoms with Crippen molar-refractivity contribution >= 4 is 0 Å². The highest BCUT2D eigenvalue weighted by molar-refractivity contribution is 5.42. The van der Waals surface area contributed by atoms with Crippen LogP contribution in [0.4, 0.5) is 0 Å². The molecule has 0 radical (unpaired) electrons. The van der Waals surface area contributed by atoms with Crippen LogP contribution in [-0.2, 0) is 11.3 Å². The molecule has 2 N–H and O–H groups in total. The number of fused-ring (bicyclic) bond motifs is 1. The van der Waals surface area contributed by atoms with E-state index in [1.807, 2.05) is 12.1 Å². The van der Waals surface area contributed by atoms with E-state index in [2.05, 4.69) is 37.3 Å². The summed E-state index contributed by atoms with van der Waals surface area (Å²) in [7, 11) is 1.71. The second-order valence-corrected chi connectivity index (χ2v) is 5.67. The normalized spacial score (nSPS) is 20.7. The van der Waals surface area contributed by atoms with Gasteiger partial charge < -0.3 is 15.2 Å². The summed E-state index contributed by atoms with van der Waals surface area (Å²) in [6.07, 6.45) is 0.805. The second-order valence-electron chi connectivity index (χ2n) is 5.67. The Morgan fingerprint density at radius 1 is 1.24 bits per heavy atom. The Kier molecular flexibility index (Phi) is 3.95. The fraction of sp³-hybridized carbons (Fsp3) is 0.333. The third-order valence-electron chi connectivity index (χ3n) is 3.94. The van der Waals surface area contributed by atoms with Crippen molar-refractivity contribution < 1.29 is 9.47 Å². The lowest BCUT2D eigenvalue weighted by molar-refractivity contribution is 0.160. The Morgan fingerprint density at radius 2 is 2.10 bits per heavy atom. The maximum absolute atomic E-state index is 6.34. The molecular formula is C18H21NO2. The van der Waals surface area contributed by atoms with Crippen LogP contribution in [0.2, 0.25) is 0 Å². The second kappa shape index (κ2) is 5.88. The van der Waals surface area contributed by atoms with Gasteiger partial charge in [0, 0.05) is 25.1 Å². The molecule has 2 atom stereocenters. The zero-order valence-electron chi connectivity index (χ0n) is 12.5. The van der Waals surface area contributed by atoms with Crippen LogP contribution in [-0.4, -0.2) is 7.11 Å². The molecule has 2 unspecified atom stereocenters. The summed E-state index contributed by atoms with van der Waals surface area (Å²) in [5.74, 6) is 0.904. The number of ether oxygens (including phenoxy) is 2. The fourth-order valence-corrected chi connectivity index (χ4v) is 2.88. The SMILES string of the molecule is COCc1cccc(C2CC(N)c3cc(C)ccc3O2)c1. The highest BCUT2D eigenvalue weighted by Crippen LogP contribution is 2.40. The smallest absolute Gasteiger partial charge is 0.126 e. The highest BCUT2D eigenvalue weighted by Gasteiger charge is 2.27. The van der Waals surface area contributed by atoms with Gasteiger partial charge in [-0.3, -0.25) is 0 Å². The van der Waals surface area contributed by atoms with E-state index in [9.17, 15) is 0 Å². The molecule has 2 aromatic rings. The first-order valence-corrected chi connectivity index (χ1v) is 7.28. The summed E-state index contributed by atoms with van der Waals surface area (Å²) >= 11 is 0. The minimum Gasteiger partial charge on any atom is -0.485 e. The van der Waals surface area contributed by atoms with Crippen molar-refractivity contribution in [2.24, 2.45) is 5.73 Å². The van der Waals surface area contributed by atoms with Gasteiger partial charge in [0.05, 0.1) is 6.61 Å². The summed E-state index contributed by atoms with van der Waals surface area (Å²) in [6.45, 7) is 2.69. The van der Waals surface area contributed by atoms with Crippen LogP contribution >= 0.6 is 0 Å². The summed E-state index contributed by atoms with van der Waals surface area (Å²) in [5, 5.41) is 0. The van der Waals surface area contributed by atoms with Crippen molar-refractivity contribution in [3.05, 3.63) is 64.7 Å². The van der Waals surface area contributed by atoms with Gasteiger partial charge in [0.25, 0.3) is 0 Å². The van der Waals surface area contributed by atoms with Gasteiger partial charge in [0.2, 0.25) is 0 Å². The third kappa shape index (κ3) is 2.94. The Balaban J connectivity index is 1.88. The first-order chi connectivity index (χ1) is 10.2. The summed E-state index contributed by atoms with van der Waals surface area (Å²) in [5.41, 5.74) is 11.0. The van der Waals surface area contributed by atoms with Crippen molar-refractivity contribution in [3.63, 3.8) is 0 Å². The van der Waals surface area contributed by atoms with Gasteiger partial charge in [-0.15, -0.1) is 0 Å². The number of aryl methyl sites for hydroxylation is 1. The first kappa shape index (κ1) is 14.1. The van der Waals surface area contributed by atoms with Crippen molar-refractivity contribution in [1.82, 2.24) is 0 Å². The van der Waals surface area contributed by atoms with Crippen molar-refractivity contribution in [3.8, 4) is 5.75 Å². The van der Waals surface area contributed by atoms with Crippen LogP contribution in [0, 0.1) is 6.92 Å². The first-order valence-electron chi connectivity index (χ1n) is 7.28. The van der Waals surface area contributed by atoms with Crippen LogP contribution in [0.1, 0.15) is 40.8 Å². The maximum Gasteiger partial charge on any atom is 0.126 e. The summed E-state index contributed by atoms with van der Waals surface area (Å²) in [4.78, 5) is 0. The standard InChI is InChI=1S/C18H21NO2/c1-12-6-7-17-15(8-12)16(19)10-18(21-17)14-5-3-4-13(9-14)11-20-2/h3-9,16,18H,10-11,19H2,1-2H3. The molecule has 0 fully saturated rings. The average Bonchev–Trinajstić information content (AvgIpc) is 2.48. The monoisotopic (exact) mass is 283 g/mol. The predicted octanol–water partition coefficient (Wildman–Crippen LogP) is 3.67. The molecule has 3 heteroatoms. The Labute approximate surface area is 125 Å². The third-order valence-corrected chi connectivity index (χ3v) is 3.94. The molecule has 0 aliphatic carbocycles. The van der Waals surface area contributed by atoms with Crippen LogP contribution in [0.15, 0.2) is 42.5 Å². The molecule has 0 spiro atoms. The molecule has 110 valence electrons. The summed E-state index contributed by atoms with van der Waals surface area (Å²) in [6, 6.07) is 14.6. The number of hydrogen-bond donors (Lipinski definition) is 1. The van der Waals surface area contributed by atoms with E-state index in [4.69, 9.17) is 15.2 Å². The Bertz CT molecular complexity index is 639. The number of rotatable bonds is 3. The lowest BCUT2D eigenvalue weighted by atomic mass is 9.92. The zero-order valence-corrected chi connectivity index (χ0v) is 12.5. The number of benzene rings is 2. The van der Waals surface area contributed by atoms with E-state index in [1.165, 1.54) is 5.56 Å². The number of methoxy groups -OCH3 is 1. The minimum atomic E-state index is 0.00649. The Hall–Kier alpha value is -1.84. The quantitative estimate of drug-likeness (QED) is 0.934. The molecule has 1 heterocycles. The zero-order chi connectivity index (χ0) is 14.8. The minimum absolute atomic E-state index is 0.00649. The van der Waals surface area contributed by atoms with Crippen LogP contribution in [0.5, 0.6) is 5.75 Å². The van der Waals surface area contributed by atoms with Crippen molar-refractivity contribution in [1.29, 1.82) is 0 Å². The average molecular weight is 283 g/mol. The fourth-order valence-electron chi connectivity index (χ4n) is 2.88. The highest BCUT2D eigenvalue weighted by atomic mass is 16.5. The molecule has 3 rings (SSSR count). The van der Waals surface area contributed by atoms with E-state index in [1.54, 1.807) is 7.11 Å². The molecule has 0 aromatic heterocycles. The molecule has 0 saturated heterocycles. The van der Waals surface area contributed by atoms with E-state index in [0.29, 0.717) is 6.61 Å². The van der Waals surface area contributed by atoms with Gasteiger partial charge >= 0.3 is 0 Å². The maximum atomic E-state index is 6.34. The molecule has 2 aromatic carbocycles. The van der Waals surface area contributed by atoms with Crippen molar-refractivity contribution in [2.75, 3.05) is 7.11 Å². The van der Waals surface area contributed by atoms with Gasteiger partial charge in [-0.2, -0.15) is 0 Å². The largest absolute Gasteiger partial charge is 0.485 e. The molecule has 1 aliphatic heterocycles. The molecule has 0 bridgehead atoms. The van der Waals surface area contributed by atoms with Gasteiger partial charge in [-0.25, -0.2) is 0 Å². The van der Waals surface area contributed by atoms with E-state index in [-0.39, 0.29) is 12.1 Å². The van der Waals surface area contributed by atoms with E-state index in [0.717, 1.165) is 28.9 Å². The summed E-state index contributed by atoms with van der Waals surface area (Å²) < 4.78 is 11.4. The number of hydrogen-bond acceptors (Lipinski definition) is 3. The van der Waals surface area contributed by atoms with Crippen LogP contribution in [0.25, 0.3) is 0 Å². The van der Waals surface area contributed by atoms with Crippen LogP contribution in [0.3, 0.4) is 0 Å². The Morgan fingerprint density at radius 3 is 2.90 bits per heavy atom. The lowest BCUT2D eigenvalue weighted by Gasteiger charge is -2.31. The molecule has 0 saturated carbocycles.